The van der Waals surface area contributed by atoms with Crippen molar-refractivity contribution >= 4 is 13.9 Å². The molecule has 0 aromatic carbocycles. The van der Waals surface area contributed by atoms with Gasteiger partial charge in [-0.3, -0.25) is 0 Å². The maximum atomic E-state index is 9.94. The van der Waals surface area contributed by atoms with E-state index in [0.717, 1.165) is 0 Å². The molecule has 0 rings (SSSR count). The molecule has 10 heavy (non-hydrogen) atoms. The van der Waals surface area contributed by atoms with Crippen molar-refractivity contribution in [2.45, 2.75) is 12.5 Å². The third-order valence-electron chi connectivity index (χ3n) is 0.693. The van der Waals surface area contributed by atoms with Crippen molar-refractivity contribution in [1.29, 1.82) is 0 Å². The molecular formula is C4H8NO4P. The van der Waals surface area contributed by atoms with Gasteiger partial charge in [-0.15, -0.1) is 0 Å². The molecule has 0 heterocycles. The van der Waals surface area contributed by atoms with Gasteiger partial charge in [0.05, 0.1) is 0 Å². The second kappa shape index (κ2) is 6.52. The molecule has 0 aliphatic carbocycles. The van der Waals surface area contributed by atoms with Crippen LogP contribution in [-0.2, 0) is 9.36 Å². The SMILES string of the molecule is N[C@@H](CC#P=O)C(=O)O.O. The molecule has 1 atom stereocenters. The number of aliphatic carboxylic acids is 1. The molecule has 0 saturated carbocycles. The van der Waals surface area contributed by atoms with Crippen LogP contribution in [0.3, 0.4) is 0 Å². The fourth-order valence-electron chi connectivity index (χ4n) is 0.223. The van der Waals surface area contributed by atoms with Gasteiger partial charge in [0.25, 0.3) is 0 Å². The zero-order chi connectivity index (χ0) is 7.28. The minimum Gasteiger partial charge on any atom is -0.412 e. The Labute approximate surface area is 58.7 Å². The van der Waals surface area contributed by atoms with E-state index in [2.05, 4.69) is 5.63 Å². The van der Waals surface area contributed by atoms with Crippen molar-refractivity contribution in [3.05, 3.63) is 0 Å². The van der Waals surface area contributed by atoms with Gasteiger partial charge >= 0.3 is 52.2 Å². The summed E-state index contributed by atoms with van der Waals surface area (Å²) in [6.45, 7) is 0. The van der Waals surface area contributed by atoms with E-state index >= 15 is 0 Å². The van der Waals surface area contributed by atoms with E-state index < -0.39 is 12.0 Å². The molecular weight excluding hydrogens is 157 g/mol. The topological polar surface area (TPSA) is 112 Å². The maximum absolute atomic E-state index is 9.94. The van der Waals surface area contributed by atoms with E-state index in [1.165, 1.54) is 0 Å². The van der Waals surface area contributed by atoms with Crippen LogP contribution in [0, 0.1) is 5.63 Å². The molecule has 0 radical (unpaired) electrons. The van der Waals surface area contributed by atoms with E-state index in [-0.39, 0.29) is 19.8 Å². The molecule has 0 saturated heterocycles. The Hall–Kier alpha value is -0.600. The van der Waals surface area contributed by atoms with Crippen LogP contribution >= 0.6 is 7.92 Å². The Morgan fingerprint density at radius 3 is 2.60 bits per heavy atom. The van der Waals surface area contributed by atoms with Crippen LogP contribution in [0.4, 0.5) is 0 Å². The van der Waals surface area contributed by atoms with Crippen LogP contribution < -0.4 is 5.73 Å². The predicted molar refractivity (Wildman–Crippen MR) is 35.3 cm³/mol. The second-order valence-electron chi connectivity index (χ2n) is 1.40. The molecule has 0 fully saturated rings. The molecule has 0 aromatic heterocycles. The van der Waals surface area contributed by atoms with Gasteiger partial charge in [0.2, 0.25) is 0 Å². The van der Waals surface area contributed by atoms with Crippen LogP contribution in [0.5, 0.6) is 0 Å². The van der Waals surface area contributed by atoms with Crippen LogP contribution in [-0.4, -0.2) is 22.6 Å². The third kappa shape index (κ3) is 5.54. The van der Waals surface area contributed by atoms with Gasteiger partial charge in [-0.05, 0) is 0 Å². The number of hydrogen-bond acceptors (Lipinski definition) is 3. The molecule has 0 spiro atoms. The fourth-order valence-corrected chi connectivity index (χ4v) is 0.494. The standard InChI is InChI=1S/C4H6NO3P.H2O/c5-3(4(6)7)1-2-9-8;/h3H,1,5H2,(H,6,7);1H2/t3-;/m0./s1. The van der Waals surface area contributed by atoms with Gasteiger partial charge < -0.3 is 5.48 Å². The van der Waals surface area contributed by atoms with E-state index in [1.54, 1.807) is 0 Å². The number of carboxylic acids is 1. The molecule has 0 aromatic rings. The zero-order valence-corrected chi connectivity index (χ0v) is 5.97. The van der Waals surface area contributed by atoms with Gasteiger partial charge in [-0.1, -0.05) is 0 Å². The Kier molecular flexibility index (Phi) is 7.90. The summed E-state index contributed by atoms with van der Waals surface area (Å²) < 4.78 is 9.67. The van der Waals surface area contributed by atoms with Crippen molar-refractivity contribution in [3.63, 3.8) is 0 Å². The molecule has 0 bridgehead atoms. The minimum atomic E-state index is -1.11. The predicted octanol–water partition coefficient (Wildman–Crippen LogP) is -0.785. The zero-order valence-electron chi connectivity index (χ0n) is 5.07. The van der Waals surface area contributed by atoms with Crippen molar-refractivity contribution in [2.24, 2.45) is 5.73 Å². The molecule has 6 heteroatoms. The Morgan fingerprint density at radius 1 is 1.80 bits per heavy atom. The summed E-state index contributed by atoms with van der Waals surface area (Å²) in [5.74, 6) is -1.11. The van der Waals surface area contributed by atoms with E-state index in [4.69, 9.17) is 10.8 Å². The van der Waals surface area contributed by atoms with Gasteiger partial charge in [-0.25, -0.2) is 0 Å². The van der Waals surface area contributed by atoms with Crippen LogP contribution in [0.25, 0.3) is 0 Å². The third-order valence-corrected chi connectivity index (χ3v) is 1.00. The molecule has 58 valence electrons. The summed E-state index contributed by atoms with van der Waals surface area (Å²) in [5, 5.41) is 8.14. The Morgan fingerprint density at radius 2 is 2.30 bits per heavy atom. The van der Waals surface area contributed by atoms with Gasteiger partial charge in [0.15, 0.2) is 0 Å². The quantitative estimate of drug-likeness (QED) is 0.522. The number of hydrogen-bond donors (Lipinski definition) is 2. The molecule has 0 aliphatic heterocycles. The molecule has 0 amide bonds. The summed E-state index contributed by atoms with van der Waals surface area (Å²) in [6.07, 6.45) is 0.0143. The molecule has 5 N–H and O–H groups in total. The van der Waals surface area contributed by atoms with Gasteiger partial charge in [0.1, 0.15) is 0 Å². The van der Waals surface area contributed by atoms with Gasteiger partial charge in [-0.2, -0.15) is 0 Å². The number of rotatable bonds is 2. The summed E-state index contributed by atoms with van der Waals surface area (Å²) in [5.41, 5.74) is 7.24. The molecule has 0 unspecified atom stereocenters. The smallest absolute Gasteiger partial charge is 0.412 e. The van der Waals surface area contributed by atoms with Crippen LogP contribution in [0.15, 0.2) is 0 Å². The first-order chi connectivity index (χ1) is 4.18. The average Bonchev–Trinajstić information content (AvgIpc) is 1.82. The van der Waals surface area contributed by atoms with Crippen LogP contribution in [0.2, 0.25) is 0 Å². The summed E-state index contributed by atoms with van der Waals surface area (Å²) in [6, 6.07) is -0.980. The Bertz CT molecular complexity index is 196. The first-order valence-electron chi connectivity index (χ1n) is 2.22. The van der Waals surface area contributed by atoms with Gasteiger partial charge in [0, 0.05) is 0 Å². The largest absolute Gasteiger partial charge is 0.412 e. The Balaban J connectivity index is 0. The fraction of sp³-hybridized carbons (Fsp3) is 0.500. The van der Waals surface area contributed by atoms with Crippen molar-refractivity contribution in [3.8, 4) is 5.63 Å². The normalized spacial score (nSPS) is 10.5. The summed E-state index contributed by atoms with van der Waals surface area (Å²) in [7, 11) is -0.298. The molecule has 5 nitrogen and oxygen atoms in total. The number of nitrogens with two attached hydrogens (primary N) is 1. The maximum Gasteiger partial charge on any atom is -0.412 e. The second-order valence-corrected chi connectivity index (χ2v) is 1.90. The van der Waals surface area contributed by atoms with E-state index in [9.17, 15) is 9.36 Å². The first-order valence-corrected chi connectivity index (χ1v) is 3.03. The number of carboxylic acid groups (broad SMARTS) is 1. The minimum absolute atomic E-state index is 0. The average molecular weight is 165 g/mol. The summed E-state index contributed by atoms with van der Waals surface area (Å²) in [4.78, 5) is 9.94. The summed E-state index contributed by atoms with van der Waals surface area (Å²) >= 11 is 0. The van der Waals surface area contributed by atoms with Crippen LogP contribution in [0.1, 0.15) is 6.42 Å². The first kappa shape index (κ1) is 12.1. The number of carbonyl (C=O) groups is 1. The monoisotopic (exact) mass is 165 g/mol. The van der Waals surface area contributed by atoms with Crippen molar-refractivity contribution in [1.82, 2.24) is 0 Å². The van der Waals surface area contributed by atoms with Crippen molar-refractivity contribution in [2.75, 3.05) is 0 Å². The van der Waals surface area contributed by atoms with E-state index in [0.29, 0.717) is 0 Å². The van der Waals surface area contributed by atoms with Crippen molar-refractivity contribution < 1.29 is 19.9 Å². The van der Waals surface area contributed by atoms with E-state index in [1.807, 2.05) is 0 Å². The molecule has 0 aliphatic rings.